The average molecular weight is 327 g/mol. The third-order valence-corrected chi connectivity index (χ3v) is 3.20. The molecule has 1 N–H and O–H groups in total. The van der Waals surface area contributed by atoms with Crippen molar-refractivity contribution in [1.29, 1.82) is 0 Å². The maximum Gasteiger partial charge on any atom is 0.130 e. The standard InChI is InChI=1S/C17H23F2NO3/c1-3-8-23-13-16(21)12-20(7-4-9-22-2)11-14-5-6-15(18)10-17(14)19/h1,5-6,10,16,21H,4,7-9,11-13H2,2H3. The van der Waals surface area contributed by atoms with Crippen molar-refractivity contribution in [2.24, 2.45) is 0 Å². The normalized spacial score (nSPS) is 12.3. The predicted molar refractivity (Wildman–Crippen MR) is 83.8 cm³/mol. The van der Waals surface area contributed by atoms with Crippen molar-refractivity contribution in [2.75, 3.05) is 40.0 Å². The first-order valence-electron chi connectivity index (χ1n) is 7.41. The molecule has 0 radical (unpaired) electrons. The number of halogens is 2. The number of terminal acetylenes is 1. The van der Waals surface area contributed by atoms with Crippen LogP contribution in [0.3, 0.4) is 0 Å². The number of hydrogen-bond acceptors (Lipinski definition) is 4. The Morgan fingerprint density at radius 2 is 2.17 bits per heavy atom. The summed E-state index contributed by atoms with van der Waals surface area (Å²) in [6.07, 6.45) is 5.07. The Morgan fingerprint density at radius 3 is 2.83 bits per heavy atom. The van der Waals surface area contributed by atoms with Crippen molar-refractivity contribution in [3.63, 3.8) is 0 Å². The summed E-state index contributed by atoms with van der Waals surface area (Å²) in [5.41, 5.74) is 0.376. The molecule has 1 aromatic carbocycles. The second kappa shape index (κ2) is 11.1. The van der Waals surface area contributed by atoms with E-state index in [9.17, 15) is 13.9 Å². The van der Waals surface area contributed by atoms with Gasteiger partial charge in [-0.2, -0.15) is 0 Å². The second-order valence-electron chi connectivity index (χ2n) is 5.19. The molecule has 0 fully saturated rings. The van der Waals surface area contributed by atoms with Crippen LogP contribution in [0.15, 0.2) is 18.2 Å². The zero-order valence-corrected chi connectivity index (χ0v) is 13.3. The van der Waals surface area contributed by atoms with E-state index in [4.69, 9.17) is 15.9 Å². The van der Waals surface area contributed by atoms with Crippen LogP contribution in [0.5, 0.6) is 0 Å². The Bertz CT molecular complexity index is 505. The highest BCUT2D eigenvalue weighted by Crippen LogP contribution is 2.13. The minimum absolute atomic E-state index is 0.108. The molecule has 6 heteroatoms. The van der Waals surface area contributed by atoms with Gasteiger partial charge in [0.2, 0.25) is 0 Å². The molecule has 1 aromatic rings. The smallest absolute Gasteiger partial charge is 0.130 e. The lowest BCUT2D eigenvalue weighted by Gasteiger charge is -2.25. The summed E-state index contributed by atoms with van der Waals surface area (Å²) in [6, 6.07) is 3.49. The van der Waals surface area contributed by atoms with Crippen molar-refractivity contribution >= 4 is 0 Å². The topological polar surface area (TPSA) is 41.9 Å². The van der Waals surface area contributed by atoms with E-state index < -0.39 is 17.7 Å². The van der Waals surface area contributed by atoms with Crippen LogP contribution < -0.4 is 0 Å². The van der Waals surface area contributed by atoms with Gasteiger partial charge in [0.15, 0.2) is 0 Å². The fraction of sp³-hybridized carbons (Fsp3) is 0.529. The van der Waals surface area contributed by atoms with Crippen LogP contribution in [-0.4, -0.2) is 56.1 Å². The quantitative estimate of drug-likeness (QED) is 0.497. The fourth-order valence-corrected chi connectivity index (χ4v) is 2.16. The summed E-state index contributed by atoms with van der Waals surface area (Å²) in [7, 11) is 1.60. The van der Waals surface area contributed by atoms with Crippen LogP contribution >= 0.6 is 0 Å². The molecule has 0 aliphatic carbocycles. The molecule has 0 spiro atoms. The minimum Gasteiger partial charge on any atom is -0.389 e. The number of methoxy groups -OCH3 is 1. The maximum atomic E-state index is 13.8. The number of hydrogen-bond donors (Lipinski definition) is 1. The molecule has 0 aliphatic rings. The summed E-state index contributed by atoms with van der Waals surface area (Å²) < 4.78 is 36.9. The van der Waals surface area contributed by atoms with Gasteiger partial charge in [-0.05, 0) is 12.5 Å². The highest BCUT2D eigenvalue weighted by molar-refractivity contribution is 5.18. The van der Waals surface area contributed by atoms with Gasteiger partial charge in [0.05, 0.1) is 12.7 Å². The number of aliphatic hydroxyl groups excluding tert-OH is 1. The van der Waals surface area contributed by atoms with Crippen LogP contribution in [0.2, 0.25) is 0 Å². The van der Waals surface area contributed by atoms with E-state index >= 15 is 0 Å². The lowest BCUT2D eigenvalue weighted by Crippen LogP contribution is -2.36. The van der Waals surface area contributed by atoms with E-state index in [1.807, 2.05) is 4.90 Å². The molecular formula is C17H23F2NO3. The number of ether oxygens (including phenoxy) is 2. The monoisotopic (exact) mass is 327 g/mol. The van der Waals surface area contributed by atoms with Crippen molar-refractivity contribution in [2.45, 2.75) is 19.1 Å². The summed E-state index contributed by atoms with van der Waals surface area (Å²) in [4.78, 5) is 1.87. The van der Waals surface area contributed by atoms with Crippen LogP contribution in [0.1, 0.15) is 12.0 Å². The number of benzene rings is 1. The van der Waals surface area contributed by atoms with Crippen LogP contribution in [-0.2, 0) is 16.0 Å². The van der Waals surface area contributed by atoms with E-state index in [-0.39, 0.29) is 19.8 Å². The fourth-order valence-electron chi connectivity index (χ4n) is 2.16. The number of nitrogens with zero attached hydrogens (tertiary/aromatic N) is 1. The van der Waals surface area contributed by atoms with Crippen LogP contribution in [0, 0.1) is 24.0 Å². The first kappa shape index (κ1) is 19.5. The molecular weight excluding hydrogens is 304 g/mol. The van der Waals surface area contributed by atoms with Gasteiger partial charge in [0, 0.05) is 45.0 Å². The molecule has 128 valence electrons. The van der Waals surface area contributed by atoms with Gasteiger partial charge in [-0.3, -0.25) is 4.90 Å². The SMILES string of the molecule is C#CCOCC(O)CN(CCCOC)Cc1ccc(F)cc1F. The van der Waals surface area contributed by atoms with E-state index in [1.165, 1.54) is 12.1 Å². The molecule has 0 amide bonds. The minimum atomic E-state index is -0.741. The Morgan fingerprint density at radius 1 is 1.39 bits per heavy atom. The Kier molecular flexibility index (Phi) is 9.41. The molecule has 4 nitrogen and oxygen atoms in total. The van der Waals surface area contributed by atoms with Gasteiger partial charge in [0.1, 0.15) is 18.2 Å². The average Bonchev–Trinajstić information content (AvgIpc) is 2.50. The molecule has 1 atom stereocenters. The highest BCUT2D eigenvalue weighted by atomic mass is 19.1. The predicted octanol–water partition coefficient (Wildman–Crippen LogP) is 1.81. The molecule has 0 saturated carbocycles. The van der Waals surface area contributed by atoms with Crippen molar-refractivity contribution in [3.8, 4) is 12.3 Å². The molecule has 0 aromatic heterocycles. The van der Waals surface area contributed by atoms with Gasteiger partial charge < -0.3 is 14.6 Å². The van der Waals surface area contributed by atoms with Gasteiger partial charge >= 0.3 is 0 Å². The number of rotatable bonds is 11. The molecule has 23 heavy (non-hydrogen) atoms. The lowest BCUT2D eigenvalue weighted by atomic mass is 10.1. The Balaban J connectivity index is 2.61. The summed E-state index contributed by atoms with van der Waals surface area (Å²) in [5, 5.41) is 9.97. The molecule has 0 bridgehead atoms. The Hall–Kier alpha value is -1.52. The third-order valence-electron chi connectivity index (χ3n) is 3.20. The van der Waals surface area contributed by atoms with Gasteiger partial charge in [-0.25, -0.2) is 8.78 Å². The van der Waals surface area contributed by atoms with E-state index in [1.54, 1.807) is 7.11 Å². The molecule has 1 unspecified atom stereocenters. The number of aliphatic hydroxyl groups is 1. The maximum absolute atomic E-state index is 13.8. The summed E-state index contributed by atoms with van der Waals surface area (Å²) >= 11 is 0. The lowest BCUT2D eigenvalue weighted by molar-refractivity contribution is 0.0242. The van der Waals surface area contributed by atoms with Gasteiger partial charge in [0.25, 0.3) is 0 Å². The summed E-state index contributed by atoms with van der Waals surface area (Å²) in [6.45, 7) is 1.97. The van der Waals surface area contributed by atoms with Gasteiger partial charge in [-0.15, -0.1) is 6.42 Å². The van der Waals surface area contributed by atoms with Crippen LogP contribution in [0.4, 0.5) is 8.78 Å². The molecule has 0 aliphatic heterocycles. The van der Waals surface area contributed by atoms with E-state index in [0.717, 1.165) is 12.5 Å². The van der Waals surface area contributed by atoms with Crippen molar-refractivity contribution in [3.05, 3.63) is 35.4 Å². The summed E-state index contributed by atoms with van der Waals surface area (Å²) in [5.74, 6) is 1.11. The molecule has 1 rings (SSSR count). The van der Waals surface area contributed by atoms with Crippen molar-refractivity contribution < 1.29 is 23.4 Å². The Labute approximate surface area is 136 Å². The van der Waals surface area contributed by atoms with Crippen LogP contribution in [0.25, 0.3) is 0 Å². The van der Waals surface area contributed by atoms with Gasteiger partial charge in [-0.1, -0.05) is 12.0 Å². The first-order chi connectivity index (χ1) is 11.1. The largest absolute Gasteiger partial charge is 0.389 e. The zero-order chi connectivity index (χ0) is 17.1. The second-order valence-corrected chi connectivity index (χ2v) is 5.19. The van der Waals surface area contributed by atoms with E-state index in [0.29, 0.717) is 25.3 Å². The first-order valence-corrected chi connectivity index (χ1v) is 7.41. The van der Waals surface area contributed by atoms with Crippen molar-refractivity contribution in [1.82, 2.24) is 4.90 Å². The van der Waals surface area contributed by atoms with E-state index in [2.05, 4.69) is 5.92 Å². The third kappa shape index (κ3) is 8.05. The highest BCUT2D eigenvalue weighted by Gasteiger charge is 2.14. The zero-order valence-electron chi connectivity index (χ0n) is 13.3. The molecule has 0 heterocycles. The molecule has 0 saturated heterocycles.